The number of hydrogen-bond donors (Lipinski definition) is 0. The highest BCUT2D eigenvalue weighted by atomic mass is 15.2. The molecule has 6 heteroatoms. The van der Waals surface area contributed by atoms with Crippen LogP contribution in [-0.2, 0) is 10.8 Å². The van der Waals surface area contributed by atoms with E-state index in [9.17, 15) is 5.26 Å². The molecule has 348 valence electrons. The molecule has 5 nitrogen and oxygen atoms in total. The van der Waals surface area contributed by atoms with Gasteiger partial charge in [-0.15, -0.1) is 0 Å². The van der Waals surface area contributed by atoms with Gasteiger partial charge >= 0.3 is 0 Å². The number of aromatic nitrogens is 1. The Labute approximate surface area is 427 Å². The molecule has 0 unspecified atom stereocenters. The molecule has 10 aromatic carbocycles. The number of benzene rings is 10. The molecular formula is C67H52BN5. The van der Waals surface area contributed by atoms with Crippen molar-refractivity contribution >= 4 is 107 Å². The van der Waals surface area contributed by atoms with Gasteiger partial charge in [0.15, 0.2) is 0 Å². The minimum absolute atomic E-state index is 0.0111. The van der Waals surface area contributed by atoms with Crippen LogP contribution in [0.25, 0.3) is 49.4 Å². The molecule has 14 rings (SSSR count). The SMILES string of the molecule is CC(C)(C)c1ccc(N(c2ccc(C(C)(C)C)cc2)c2ccc3c(c2)N(c2ccc(-c4ccc5ccccc5c4)cc2)c2cc(C#N)cc4c2B3c2cccc3c2N4c2cccc4c5ccccc5n-3c24)cc1. The maximum Gasteiger partial charge on any atom is 0.252 e. The first-order chi connectivity index (χ1) is 35.4. The van der Waals surface area contributed by atoms with Gasteiger partial charge in [0.2, 0.25) is 0 Å². The third-order valence-electron chi connectivity index (χ3n) is 15.8. The number of hydrogen-bond acceptors (Lipinski definition) is 4. The molecule has 0 amide bonds. The number of nitrogens with zero attached hydrogens (tertiary/aromatic N) is 5. The molecule has 73 heavy (non-hydrogen) atoms. The standard InChI is InChI=1S/C67H52BN5/c1-66(2,3)47-25-31-49(32-26-47)70(50-33-27-48(28-34-50)67(4,5)6)52-35-36-55-60(40-52)71(51-29-23-44(24-30-51)46-22-21-43-13-7-8-14-45(43)39-46)61-37-42(41-69)38-62-63(61)68(55)56-17-12-20-59-65(56)73(62)58-19-11-16-54-53-15-9-10-18-57(53)72(59)64(54)58/h7-40H,1-6H3. The molecule has 0 spiro atoms. The van der Waals surface area contributed by atoms with Crippen molar-refractivity contribution in [1.29, 1.82) is 5.26 Å². The van der Waals surface area contributed by atoms with Crippen LogP contribution < -0.4 is 31.1 Å². The number of fused-ring (bicyclic) bond motifs is 10. The maximum absolute atomic E-state index is 11.1. The molecule has 3 aliphatic rings. The van der Waals surface area contributed by atoms with Gasteiger partial charge in [-0.3, -0.25) is 0 Å². The third-order valence-corrected chi connectivity index (χ3v) is 15.8. The van der Waals surface area contributed by atoms with Gasteiger partial charge in [0.25, 0.3) is 6.71 Å². The van der Waals surface area contributed by atoms with E-state index in [1.54, 1.807) is 0 Å². The number of rotatable bonds is 5. The van der Waals surface area contributed by atoms with E-state index in [-0.39, 0.29) is 17.5 Å². The predicted molar refractivity (Wildman–Crippen MR) is 308 cm³/mol. The number of anilines is 9. The fourth-order valence-corrected chi connectivity index (χ4v) is 12.2. The Morgan fingerprint density at radius 3 is 1.75 bits per heavy atom. The largest absolute Gasteiger partial charge is 0.311 e. The van der Waals surface area contributed by atoms with Crippen molar-refractivity contribution in [3.05, 3.63) is 223 Å². The lowest BCUT2D eigenvalue weighted by atomic mass is 9.33. The van der Waals surface area contributed by atoms with Crippen LogP contribution in [0.3, 0.4) is 0 Å². The lowest BCUT2D eigenvalue weighted by Crippen LogP contribution is -2.61. The summed E-state index contributed by atoms with van der Waals surface area (Å²) < 4.78 is 2.47. The summed E-state index contributed by atoms with van der Waals surface area (Å²) in [4.78, 5) is 7.30. The Hall–Kier alpha value is -8.79. The van der Waals surface area contributed by atoms with Crippen molar-refractivity contribution in [1.82, 2.24) is 4.57 Å². The molecule has 3 aliphatic heterocycles. The van der Waals surface area contributed by atoms with E-state index in [1.165, 1.54) is 65.7 Å². The van der Waals surface area contributed by atoms with E-state index < -0.39 is 0 Å². The van der Waals surface area contributed by atoms with Crippen molar-refractivity contribution in [3.63, 3.8) is 0 Å². The normalized spacial score (nSPS) is 13.2. The van der Waals surface area contributed by atoms with Crippen molar-refractivity contribution in [3.8, 4) is 22.9 Å². The van der Waals surface area contributed by atoms with Crippen LogP contribution in [-0.4, -0.2) is 11.3 Å². The van der Waals surface area contributed by atoms with E-state index in [0.717, 1.165) is 62.4 Å². The predicted octanol–water partition coefficient (Wildman–Crippen LogP) is 15.9. The van der Waals surface area contributed by atoms with Gasteiger partial charge in [0.1, 0.15) is 0 Å². The molecule has 0 bridgehead atoms. The monoisotopic (exact) mass is 937 g/mol. The highest BCUT2D eigenvalue weighted by Gasteiger charge is 2.46. The Morgan fingerprint density at radius 2 is 1.05 bits per heavy atom. The summed E-state index contributed by atoms with van der Waals surface area (Å²) >= 11 is 0. The summed E-state index contributed by atoms with van der Waals surface area (Å²) in [6.07, 6.45) is 0. The first kappa shape index (κ1) is 43.0. The summed E-state index contributed by atoms with van der Waals surface area (Å²) in [6.45, 7) is 13.5. The van der Waals surface area contributed by atoms with E-state index in [1.807, 2.05) is 0 Å². The van der Waals surface area contributed by atoms with Crippen molar-refractivity contribution in [2.45, 2.75) is 52.4 Å². The fourth-order valence-electron chi connectivity index (χ4n) is 12.2. The van der Waals surface area contributed by atoms with Crippen LogP contribution in [0.2, 0.25) is 0 Å². The van der Waals surface area contributed by atoms with Gasteiger partial charge in [0, 0.05) is 50.6 Å². The summed E-state index contributed by atoms with van der Waals surface area (Å²) in [6, 6.07) is 78.8. The van der Waals surface area contributed by atoms with E-state index >= 15 is 0 Å². The third kappa shape index (κ3) is 6.48. The van der Waals surface area contributed by atoms with Crippen LogP contribution in [0, 0.1) is 11.3 Å². The summed E-state index contributed by atoms with van der Waals surface area (Å²) in [7, 11) is 0. The number of nitriles is 1. The van der Waals surface area contributed by atoms with Gasteiger partial charge in [-0.05, 0) is 145 Å². The Bertz CT molecular complexity index is 4070. The second-order valence-corrected chi connectivity index (χ2v) is 22.2. The highest BCUT2D eigenvalue weighted by molar-refractivity contribution is 7.00. The average molecular weight is 938 g/mol. The molecule has 0 fully saturated rings. The lowest BCUT2D eigenvalue weighted by Gasteiger charge is -2.46. The highest BCUT2D eigenvalue weighted by Crippen LogP contribution is 2.53. The van der Waals surface area contributed by atoms with Crippen LogP contribution in [0.4, 0.5) is 51.2 Å². The van der Waals surface area contributed by atoms with Gasteiger partial charge < -0.3 is 19.3 Å². The quantitative estimate of drug-likeness (QED) is 0.161. The van der Waals surface area contributed by atoms with Gasteiger partial charge in [0.05, 0.1) is 39.7 Å². The molecule has 0 atom stereocenters. The van der Waals surface area contributed by atoms with Crippen molar-refractivity contribution < 1.29 is 0 Å². The molecule has 0 aliphatic carbocycles. The molecule has 0 N–H and O–H groups in total. The second-order valence-electron chi connectivity index (χ2n) is 22.2. The van der Waals surface area contributed by atoms with Crippen LogP contribution in [0.1, 0.15) is 58.2 Å². The zero-order valence-electron chi connectivity index (χ0n) is 41.9. The van der Waals surface area contributed by atoms with Crippen LogP contribution in [0.5, 0.6) is 0 Å². The lowest BCUT2D eigenvalue weighted by molar-refractivity contribution is 0.590. The van der Waals surface area contributed by atoms with Crippen LogP contribution in [0.15, 0.2) is 206 Å². The first-order valence-corrected chi connectivity index (χ1v) is 25.5. The van der Waals surface area contributed by atoms with Gasteiger partial charge in [-0.25, -0.2) is 0 Å². The molecular weight excluding hydrogens is 886 g/mol. The van der Waals surface area contributed by atoms with Crippen molar-refractivity contribution in [2.75, 3.05) is 14.7 Å². The van der Waals surface area contributed by atoms with Gasteiger partial charge in [-0.2, -0.15) is 5.26 Å². The molecule has 0 saturated heterocycles. The molecule has 0 saturated carbocycles. The average Bonchev–Trinajstić information content (AvgIpc) is 3.75. The minimum atomic E-state index is -0.130. The fraction of sp³-hybridized carbons (Fsp3) is 0.119. The summed E-state index contributed by atoms with van der Waals surface area (Å²) in [5.74, 6) is 0. The Kier molecular flexibility index (Phi) is 9.20. The van der Waals surface area contributed by atoms with Crippen molar-refractivity contribution in [2.24, 2.45) is 0 Å². The van der Waals surface area contributed by atoms with Crippen LogP contribution >= 0.6 is 0 Å². The first-order valence-electron chi connectivity index (χ1n) is 25.5. The zero-order valence-corrected chi connectivity index (χ0v) is 41.9. The Balaban J connectivity index is 1.03. The second kappa shape index (κ2) is 15.6. The molecule has 1 aromatic heterocycles. The molecule has 0 radical (unpaired) electrons. The molecule has 4 heterocycles. The topological polar surface area (TPSA) is 38.4 Å². The maximum atomic E-state index is 11.1. The smallest absolute Gasteiger partial charge is 0.252 e. The van der Waals surface area contributed by atoms with Gasteiger partial charge in [-0.1, -0.05) is 163 Å². The van der Waals surface area contributed by atoms with E-state index in [4.69, 9.17) is 0 Å². The van der Waals surface area contributed by atoms with E-state index in [0.29, 0.717) is 5.56 Å². The Morgan fingerprint density at radius 1 is 0.452 bits per heavy atom. The zero-order chi connectivity index (χ0) is 49.5. The van der Waals surface area contributed by atoms with E-state index in [2.05, 4.69) is 273 Å². The summed E-state index contributed by atoms with van der Waals surface area (Å²) in [5, 5.41) is 16.0. The minimum Gasteiger partial charge on any atom is -0.311 e. The number of para-hydroxylation sites is 3. The summed E-state index contributed by atoms with van der Waals surface area (Å²) in [5.41, 5.74) is 22.3. The molecule has 11 aromatic rings.